The molecular formula is C19H27N3O2. The summed E-state index contributed by atoms with van der Waals surface area (Å²) in [6, 6.07) is 7.94. The summed E-state index contributed by atoms with van der Waals surface area (Å²) in [5.74, 6) is 0.529. The summed E-state index contributed by atoms with van der Waals surface area (Å²) in [6.45, 7) is 9.66. The van der Waals surface area contributed by atoms with Crippen molar-refractivity contribution in [2.45, 2.75) is 46.6 Å². The fourth-order valence-electron chi connectivity index (χ4n) is 3.42. The van der Waals surface area contributed by atoms with Crippen molar-refractivity contribution in [3.63, 3.8) is 0 Å². The van der Waals surface area contributed by atoms with Gasteiger partial charge in [0.2, 0.25) is 5.91 Å². The minimum Gasteiger partial charge on any atom is -0.342 e. The number of carbonyl (C=O) groups excluding carboxylic acids is 1. The van der Waals surface area contributed by atoms with Gasteiger partial charge in [0, 0.05) is 24.5 Å². The van der Waals surface area contributed by atoms with Gasteiger partial charge in [-0.15, -0.1) is 0 Å². The first kappa shape index (κ1) is 16.8. The molecule has 1 aromatic carbocycles. The van der Waals surface area contributed by atoms with Crippen LogP contribution in [0.4, 0.5) is 0 Å². The van der Waals surface area contributed by atoms with Crippen LogP contribution in [0, 0.1) is 11.3 Å². The van der Waals surface area contributed by atoms with Crippen LogP contribution in [0.15, 0.2) is 29.1 Å². The molecular weight excluding hydrogens is 302 g/mol. The Hall–Kier alpha value is -2.04. The number of benzene rings is 1. The Morgan fingerprint density at radius 3 is 2.46 bits per heavy atom. The van der Waals surface area contributed by atoms with Gasteiger partial charge in [0.25, 0.3) is 0 Å². The number of likely N-dealkylation sites (tertiary alicyclic amines) is 1. The third-order valence-electron chi connectivity index (χ3n) is 5.74. The third kappa shape index (κ3) is 2.76. The molecule has 2 heterocycles. The molecule has 5 heteroatoms. The second-order valence-electron chi connectivity index (χ2n) is 7.72. The van der Waals surface area contributed by atoms with Crippen LogP contribution in [0.5, 0.6) is 0 Å². The molecule has 0 bridgehead atoms. The van der Waals surface area contributed by atoms with Crippen LogP contribution in [0.25, 0.3) is 11.0 Å². The SMILES string of the molecule is CC(C)C(C)(C)C(=O)N1CCC(n2c(=O)[nH]c3ccccc32)CC1. The Bertz CT molecular complexity index is 792. The summed E-state index contributed by atoms with van der Waals surface area (Å²) in [7, 11) is 0. The Balaban J connectivity index is 1.77. The number of nitrogens with one attached hydrogen (secondary N) is 1. The molecule has 1 saturated heterocycles. The fourth-order valence-corrected chi connectivity index (χ4v) is 3.42. The Morgan fingerprint density at radius 1 is 1.21 bits per heavy atom. The van der Waals surface area contributed by atoms with Crippen molar-refractivity contribution in [1.29, 1.82) is 0 Å². The quantitative estimate of drug-likeness (QED) is 0.940. The molecule has 1 amide bonds. The van der Waals surface area contributed by atoms with E-state index in [1.807, 2.05) is 47.6 Å². The lowest BCUT2D eigenvalue weighted by molar-refractivity contribution is -0.144. The van der Waals surface area contributed by atoms with Crippen molar-refractivity contribution in [2.75, 3.05) is 13.1 Å². The zero-order valence-electron chi connectivity index (χ0n) is 15.0. The molecule has 1 aliphatic heterocycles. The van der Waals surface area contributed by atoms with Gasteiger partial charge in [-0.2, -0.15) is 0 Å². The maximum absolute atomic E-state index is 12.8. The monoisotopic (exact) mass is 329 g/mol. The zero-order valence-corrected chi connectivity index (χ0v) is 15.0. The molecule has 0 saturated carbocycles. The number of H-pyrrole nitrogens is 1. The van der Waals surface area contributed by atoms with Gasteiger partial charge in [0.1, 0.15) is 0 Å². The number of para-hydroxylation sites is 2. The summed E-state index contributed by atoms with van der Waals surface area (Å²) in [4.78, 5) is 30.0. The van der Waals surface area contributed by atoms with E-state index in [9.17, 15) is 9.59 Å². The number of hydrogen-bond donors (Lipinski definition) is 1. The number of rotatable bonds is 3. The number of hydrogen-bond acceptors (Lipinski definition) is 2. The minimum atomic E-state index is -0.343. The molecule has 24 heavy (non-hydrogen) atoms. The minimum absolute atomic E-state index is 0.0523. The van der Waals surface area contributed by atoms with Gasteiger partial charge in [-0.3, -0.25) is 9.36 Å². The van der Waals surface area contributed by atoms with E-state index in [1.54, 1.807) is 0 Å². The predicted octanol–water partition coefficient (Wildman–Crippen LogP) is 3.18. The number of amides is 1. The number of imidazole rings is 1. The molecule has 130 valence electrons. The Kier molecular flexibility index (Phi) is 4.28. The number of carbonyl (C=O) groups is 1. The van der Waals surface area contributed by atoms with Gasteiger partial charge in [0.05, 0.1) is 11.0 Å². The van der Waals surface area contributed by atoms with E-state index in [1.165, 1.54) is 0 Å². The van der Waals surface area contributed by atoms with Crippen molar-refractivity contribution in [3.8, 4) is 0 Å². The molecule has 1 aliphatic rings. The largest absolute Gasteiger partial charge is 0.342 e. The smallest absolute Gasteiger partial charge is 0.326 e. The van der Waals surface area contributed by atoms with Crippen LogP contribution in [0.1, 0.15) is 46.6 Å². The Labute approximate surface area is 142 Å². The second kappa shape index (κ2) is 6.11. The van der Waals surface area contributed by atoms with E-state index in [4.69, 9.17) is 0 Å². The first-order valence-electron chi connectivity index (χ1n) is 8.81. The van der Waals surface area contributed by atoms with Gasteiger partial charge in [-0.25, -0.2) is 4.79 Å². The van der Waals surface area contributed by atoms with Gasteiger partial charge in [-0.05, 0) is 30.9 Å². The highest BCUT2D eigenvalue weighted by Gasteiger charge is 2.36. The highest BCUT2D eigenvalue weighted by Crippen LogP contribution is 2.32. The fraction of sp³-hybridized carbons (Fsp3) is 0.579. The molecule has 2 aromatic rings. The molecule has 0 radical (unpaired) electrons. The lowest BCUT2D eigenvalue weighted by Crippen LogP contribution is -2.47. The lowest BCUT2D eigenvalue weighted by Gasteiger charge is -2.38. The average molecular weight is 329 g/mol. The van der Waals surface area contributed by atoms with Crippen LogP contribution < -0.4 is 5.69 Å². The summed E-state index contributed by atoms with van der Waals surface area (Å²) < 4.78 is 1.87. The zero-order chi connectivity index (χ0) is 17.5. The number of aromatic nitrogens is 2. The van der Waals surface area contributed by atoms with Crippen molar-refractivity contribution in [3.05, 3.63) is 34.7 Å². The molecule has 1 fully saturated rings. The lowest BCUT2D eigenvalue weighted by atomic mass is 9.79. The molecule has 0 aliphatic carbocycles. The topological polar surface area (TPSA) is 58.1 Å². The Morgan fingerprint density at radius 2 is 1.83 bits per heavy atom. The first-order valence-corrected chi connectivity index (χ1v) is 8.81. The van der Waals surface area contributed by atoms with Crippen molar-refractivity contribution in [1.82, 2.24) is 14.5 Å². The summed E-state index contributed by atoms with van der Waals surface area (Å²) in [5, 5.41) is 0. The number of fused-ring (bicyclic) bond motifs is 1. The molecule has 1 N–H and O–H groups in total. The average Bonchev–Trinajstić information content (AvgIpc) is 2.90. The van der Waals surface area contributed by atoms with Crippen molar-refractivity contribution in [2.24, 2.45) is 11.3 Å². The third-order valence-corrected chi connectivity index (χ3v) is 5.74. The highest BCUT2D eigenvalue weighted by atomic mass is 16.2. The molecule has 3 rings (SSSR count). The van der Waals surface area contributed by atoms with Crippen LogP contribution in [0.2, 0.25) is 0 Å². The van der Waals surface area contributed by atoms with Crippen LogP contribution in [-0.4, -0.2) is 33.4 Å². The summed E-state index contributed by atoms with van der Waals surface area (Å²) in [5.41, 5.74) is 1.44. The molecule has 1 aromatic heterocycles. The normalized spacial score (nSPS) is 17.0. The van der Waals surface area contributed by atoms with E-state index in [0.29, 0.717) is 19.0 Å². The van der Waals surface area contributed by atoms with Gasteiger partial charge in [-0.1, -0.05) is 39.8 Å². The maximum atomic E-state index is 12.8. The molecule has 5 nitrogen and oxygen atoms in total. The van der Waals surface area contributed by atoms with Gasteiger partial charge >= 0.3 is 5.69 Å². The molecule has 0 atom stereocenters. The summed E-state index contributed by atoms with van der Waals surface area (Å²) in [6.07, 6.45) is 1.64. The van der Waals surface area contributed by atoms with Crippen LogP contribution in [0.3, 0.4) is 0 Å². The highest BCUT2D eigenvalue weighted by molar-refractivity contribution is 5.82. The maximum Gasteiger partial charge on any atom is 0.326 e. The van der Waals surface area contributed by atoms with Crippen molar-refractivity contribution >= 4 is 16.9 Å². The number of aromatic amines is 1. The van der Waals surface area contributed by atoms with Crippen molar-refractivity contribution < 1.29 is 4.79 Å². The first-order chi connectivity index (χ1) is 11.3. The number of nitrogens with zero attached hydrogens (tertiary/aromatic N) is 2. The van der Waals surface area contributed by atoms with E-state index in [-0.39, 0.29) is 23.1 Å². The number of piperidine rings is 1. The van der Waals surface area contributed by atoms with Crippen LogP contribution >= 0.6 is 0 Å². The molecule has 0 spiro atoms. The van der Waals surface area contributed by atoms with Gasteiger partial charge in [0.15, 0.2) is 0 Å². The van der Waals surface area contributed by atoms with E-state index >= 15 is 0 Å². The predicted molar refractivity (Wildman–Crippen MR) is 96.0 cm³/mol. The summed E-state index contributed by atoms with van der Waals surface area (Å²) >= 11 is 0. The standard InChI is InChI=1S/C19H27N3O2/c1-13(2)19(3,4)17(23)21-11-9-14(10-12-21)22-16-8-6-5-7-15(16)20-18(22)24/h5-8,13-14H,9-12H2,1-4H3,(H,20,24). The van der Waals surface area contributed by atoms with Crippen LogP contribution in [-0.2, 0) is 4.79 Å². The van der Waals surface area contributed by atoms with E-state index in [0.717, 1.165) is 23.9 Å². The molecule has 0 unspecified atom stereocenters. The van der Waals surface area contributed by atoms with E-state index in [2.05, 4.69) is 18.8 Å². The van der Waals surface area contributed by atoms with E-state index < -0.39 is 0 Å². The van der Waals surface area contributed by atoms with Gasteiger partial charge < -0.3 is 9.88 Å². The second-order valence-corrected chi connectivity index (χ2v) is 7.72.